The van der Waals surface area contributed by atoms with Gasteiger partial charge in [0.25, 0.3) is 0 Å². The van der Waals surface area contributed by atoms with E-state index < -0.39 is 0 Å². The zero-order chi connectivity index (χ0) is 11.0. The van der Waals surface area contributed by atoms with Crippen LogP contribution in [0.3, 0.4) is 0 Å². The first kappa shape index (κ1) is 9.46. The number of hydrogen-bond acceptors (Lipinski definition) is 3. The molecule has 0 unspecified atom stereocenters. The third kappa shape index (κ3) is 1.48. The molecule has 1 aliphatic heterocycles. The lowest BCUT2D eigenvalue weighted by molar-refractivity contribution is 0.481. The van der Waals surface area contributed by atoms with Gasteiger partial charge in [0.15, 0.2) is 0 Å². The summed E-state index contributed by atoms with van der Waals surface area (Å²) in [6, 6.07) is 9.47. The van der Waals surface area contributed by atoms with Gasteiger partial charge in [-0.25, -0.2) is 4.98 Å². The summed E-state index contributed by atoms with van der Waals surface area (Å²) in [7, 11) is 0. The van der Waals surface area contributed by atoms with E-state index in [2.05, 4.69) is 9.88 Å². The maximum atomic E-state index is 9.95. The summed E-state index contributed by atoms with van der Waals surface area (Å²) < 4.78 is 0. The summed E-state index contributed by atoms with van der Waals surface area (Å²) in [5, 5.41) is 10.8. The Labute approximate surface area is 94.3 Å². The molecule has 1 N–H and O–H groups in total. The first-order valence-electron chi connectivity index (χ1n) is 5.68. The van der Waals surface area contributed by atoms with Gasteiger partial charge in [0, 0.05) is 24.5 Å². The van der Waals surface area contributed by atoms with E-state index in [4.69, 9.17) is 0 Å². The Balaban J connectivity index is 2.13. The van der Waals surface area contributed by atoms with Crippen molar-refractivity contribution >= 4 is 16.7 Å². The lowest BCUT2D eigenvalue weighted by Crippen LogP contribution is -2.18. The molecule has 0 atom stereocenters. The highest BCUT2D eigenvalue weighted by atomic mass is 16.3. The van der Waals surface area contributed by atoms with Crippen molar-refractivity contribution in [1.29, 1.82) is 0 Å². The molecule has 82 valence electrons. The second-order valence-electron chi connectivity index (χ2n) is 4.21. The molecule has 1 fully saturated rings. The van der Waals surface area contributed by atoms with Crippen LogP contribution in [0, 0.1) is 0 Å². The number of aromatic nitrogens is 1. The molecule has 1 aromatic carbocycles. The molecule has 3 nitrogen and oxygen atoms in total. The molecule has 16 heavy (non-hydrogen) atoms. The molecule has 0 saturated carbocycles. The van der Waals surface area contributed by atoms with Crippen molar-refractivity contribution < 1.29 is 5.11 Å². The average Bonchev–Trinajstić information content (AvgIpc) is 2.82. The van der Waals surface area contributed by atoms with Crippen LogP contribution >= 0.6 is 0 Å². The molecule has 3 rings (SSSR count). The van der Waals surface area contributed by atoms with Crippen molar-refractivity contribution in [2.45, 2.75) is 12.8 Å². The number of rotatable bonds is 1. The monoisotopic (exact) mass is 214 g/mol. The molecule has 0 radical (unpaired) electrons. The molecule has 1 aliphatic rings. The molecule has 1 saturated heterocycles. The molecule has 0 amide bonds. The van der Waals surface area contributed by atoms with Gasteiger partial charge >= 0.3 is 0 Å². The summed E-state index contributed by atoms with van der Waals surface area (Å²) >= 11 is 0. The minimum absolute atomic E-state index is 0.326. The Bertz CT molecular complexity index is 518. The zero-order valence-corrected chi connectivity index (χ0v) is 9.06. The van der Waals surface area contributed by atoms with Gasteiger partial charge in [-0.1, -0.05) is 12.1 Å². The summed E-state index contributed by atoms with van der Waals surface area (Å²) in [4.78, 5) is 6.81. The van der Waals surface area contributed by atoms with E-state index in [1.54, 1.807) is 6.07 Å². The van der Waals surface area contributed by atoms with Crippen molar-refractivity contribution in [3.63, 3.8) is 0 Å². The quantitative estimate of drug-likeness (QED) is 0.792. The van der Waals surface area contributed by atoms with Crippen molar-refractivity contribution in [1.82, 2.24) is 4.98 Å². The van der Waals surface area contributed by atoms with Gasteiger partial charge in [-0.05, 0) is 25.0 Å². The highest BCUT2D eigenvalue weighted by Crippen LogP contribution is 2.29. The van der Waals surface area contributed by atoms with E-state index in [1.165, 1.54) is 12.8 Å². The second kappa shape index (κ2) is 3.67. The first-order chi connectivity index (χ1) is 7.84. The van der Waals surface area contributed by atoms with E-state index >= 15 is 0 Å². The normalized spacial score (nSPS) is 15.9. The number of para-hydroxylation sites is 1. The van der Waals surface area contributed by atoms with Crippen LogP contribution < -0.4 is 4.90 Å². The minimum Gasteiger partial charge on any atom is -0.507 e. The van der Waals surface area contributed by atoms with Crippen LogP contribution in [0.15, 0.2) is 30.3 Å². The predicted molar refractivity (Wildman–Crippen MR) is 64.9 cm³/mol. The lowest BCUT2D eigenvalue weighted by atomic mass is 10.2. The van der Waals surface area contributed by atoms with Crippen LogP contribution in [0.4, 0.5) is 5.82 Å². The van der Waals surface area contributed by atoms with E-state index in [0.29, 0.717) is 5.75 Å². The summed E-state index contributed by atoms with van der Waals surface area (Å²) in [5.74, 6) is 1.22. The van der Waals surface area contributed by atoms with E-state index in [-0.39, 0.29) is 0 Å². The first-order valence-corrected chi connectivity index (χ1v) is 5.68. The number of benzene rings is 1. The molecule has 0 spiro atoms. The van der Waals surface area contributed by atoms with Crippen molar-refractivity contribution in [3.8, 4) is 5.75 Å². The van der Waals surface area contributed by atoms with Gasteiger partial charge in [-0.2, -0.15) is 0 Å². The van der Waals surface area contributed by atoms with Crippen molar-refractivity contribution in [3.05, 3.63) is 30.3 Å². The molecule has 0 aliphatic carbocycles. The van der Waals surface area contributed by atoms with Crippen LogP contribution in [0.25, 0.3) is 10.9 Å². The predicted octanol–water partition coefficient (Wildman–Crippen LogP) is 2.54. The fraction of sp³-hybridized carbons (Fsp3) is 0.308. The van der Waals surface area contributed by atoms with Crippen LogP contribution in [0.1, 0.15) is 12.8 Å². The van der Waals surface area contributed by atoms with Gasteiger partial charge in [0.05, 0.1) is 5.52 Å². The van der Waals surface area contributed by atoms with Crippen molar-refractivity contribution in [2.75, 3.05) is 18.0 Å². The Kier molecular flexibility index (Phi) is 2.17. The van der Waals surface area contributed by atoms with Crippen LogP contribution in [-0.4, -0.2) is 23.2 Å². The summed E-state index contributed by atoms with van der Waals surface area (Å²) in [6.45, 7) is 2.09. The number of anilines is 1. The summed E-state index contributed by atoms with van der Waals surface area (Å²) in [5.41, 5.74) is 0.865. The number of aromatic hydroxyl groups is 1. The summed E-state index contributed by atoms with van der Waals surface area (Å²) in [6.07, 6.45) is 2.44. The number of nitrogens with zero attached hydrogens (tertiary/aromatic N) is 2. The highest BCUT2D eigenvalue weighted by Gasteiger charge is 2.15. The maximum Gasteiger partial charge on any atom is 0.132 e. The standard InChI is InChI=1S/C13H14N2O/c16-12-9-13(15-7-3-4-8-15)14-11-6-2-1-5-10(11)12/h1-2,5-6,9H,3-4,7-8H2,(H,14,16). The average molecular weight is 214 g/mol. The molecule has 2 aromatic rings. The maximum absolute atomic E-state index is 9.95. The molecule has 1 aromatic heterocycles. The van der Waals surface area contributed by atoms with Crippen LogP contribution in [0.2, 0.25) is 0 Å². The largest absolute Gasteiger partial charge is 0.507 e. The lowest BCUT2D eigenvalue weighted by Gasteiger charge is -2.17. The number of hydrogen-bond donors (Lipinski definition) is 1. The molecular weight excluding hydrogens is 200 g/mol. The fourth-order valence-electron chi connectivity index (χ4n) is 2.25. The molecule has 0 bridgehead atoms. The van der Waals surface area contributed by atoms with E-state index in [9.17, 15) is 5.11 Å². The third-order valence-corrected chi connectivity index (χ3v) is 3.11. The van der Waals surface area contributed by atoms with E-state index in [0.717, 1.165) is 29.8 Å². The van der Waals surface area contributed by atoms with Crippen LogP contribution in [0.5, 0.6) is 5.75 Å². The zero-order valence-electron chi connectivity index (χ0n) is 9.06. The second-order valence-corrected chi connectivity index (χ2v) is 4.21. The Morgan fingerprint density at radius 2 is 1.88 bits per heavy atom. The van der Waals surface area contributed by atoms with Gasteiger partial charge in [0.1, 0.15) is 11.6 Å². The Morgan fingerprint density at radius 3 is 2.69 bits per heavy atom. The van der Waals surface area contributed by atoms with Crippen LogP contribution in [-0.2, 0) is 0 Å². The fourth-order valence-corrected chi connectivity index (χ4v) is 2.25. The van der Waals surface area contributed by atoms with Gasteiger partial charge in [-0.15, -0.1) is 0 Å². The molecular formula is C13H14N2O. The topological polar surface area (TPSA) is 36.4 Å². The number of fused-ring (bicyclic) bond motifs is 1. The number of pyridine rings is 1. The van der Waals surface area contributed by atoms with Crippen molar-refractivity contribution in [2.24, 2.45) is 0 Å². The Hall–Kier alpha value is -1.77. The SMILES string of the molecule is Oc1cc(N2CCCC2)nc2ccccc12. The Morgan fingerprint density at radius 1 is 1.12 bits per heavy atom. The molecule has 3 heteroatoms. The molecule has 2 heterocycles. The van der Waals surface area contributed by atoms with Gasteiger partial charge in [-0.3, -0.25) is 0 Å². The third-order valence-electron chi connectivity index (χ3n) is 3.11. The minimum atomic E-state index is 0.326. The van der Waals surface area contributed by atoms with Gasteiger partial charge in [0.2, 0.25) is 0 Å². The van der Waals surface area contributed by atoms with E-state index in [1.807, 2.05) is 24.3 Å². The van der Waals surface area contributed by atoms with Gasteiger partial charge < -0.3 is 10.0 Å². The highest BCUT2D eigenvalue weighted by molar-refractivity contribution is 5.86. The smallest absolute Gasteiger partial charge is 0.132 e.